The Hall–Kier alpha value is -3.02. The van der Waals surface area contributed by atoms with Gasteiger partial charge in [-0.2, -0.15) is 0 Å². The van der Waals surface area contributed by atoms with Crippen molar-refractivity contribution in [2.45, 2.75) is 56.7 Å². The van der Waals surface area contributed by atoms with Gasteiger partial charge in [0.05, 0.1) is 23.9 Å². The molecule has 1 atom stereocenters. The minimum Gasteiger partial charge on any atom is -0.459 e. The van der Waals surface area contributed by atoms with Gasteiger partial charge in [0.25, 0.3) is 10.0 Å². The maximum Gasteiger partial charge on any atom is 0.305 e. The third-order valence-electron chi connectivity index (χ3n) is 4.86. The second kappa shape index (κ2) is 10.3. The van der Waals surface area contributed by atoms with E-state index in [2.05, 4.69) is 30.5 Å². The topological polar surface area (TPSA) is 139 Å². The van der Waals surface area contributed by atoms with Gasteiger partial charge < -0.3 is 9.73 Å². The van der Waals surface area contributed by atoms with Crippen LogP contribution in [0.1, 0.15) is 55.4 Å². The predicted octanol–water partition coefficient (Wildman–Crippen LogP) is 1.68. The molecule has 1 fully saturated rings. The van der Waals surface area contributed by atoms with E-state index >= 15 is 0 Å². The molecular formula is C19H25FN6O4S. The molecule has 1 aliphatic carbocycles. The molecule has 2 aromatic heterocycles. The molecule has 31 heavy (non-hydrogen) atoms. The van der Waals surface area contributed by atoms with Crippen LogP contribution in [0.25, 0.3) is 0 Å². The summed E-state index contributed by atoms with van der Waals surface area (Å²) in [5.74, 6) is -1.01. The molecule has 3 N–H and O–H groups in total. The molecule has 0 radical (unpaired) electrons. The van der Waals surface area contributed by atoms with Crippen LogP contribution in [0.2, 0.25) is 0 Å². The van der Waals surface area contributed by atoms with Crippen molar-refractivity contribution in [1.29, 1.82) is 0 Å². The van der Waals surface area contributed by atoms with E-state index in [1.165, 1.54) is 19.3 Å². The van der Waals surface area contributed by atoms with Gasteiger partial charge in [0, 0.05) is 12.5 Å². The highest BCUT2D eigenvalue weighted by Crippen LogP contribution is 2.17. The van der Waals surface area contributed by atoms with Crippen LogP contribution in [0.4, 0.5) is 4.39 Å². The first-order chi connectivity index (χ1) is 14.8. The van der Waals surface area contributed by atoms with Crippen LogP contribution in [-0.4, -0.2) is 41.5 Å². The van der Waals surface area contributed by atoms with Crippen LogP contribution in [0.3, 0.4) is 0 Å². The van der Waals surface area contributed by atoms with Crippen molar-refractivity contribution in [3.05, 3.63) is 48.2 Å². The van der Waals surface area contributed by atoms with Crippen molar-refractivity contribution in [3.8, 4) is 0 Å². The number of aromatic nitrogens is 2. The third kappa shape index (κ3) is 6.74. The lowest BCUT2D eigenvalue weighted by Gasteiger charge is -2.25. The molecule has 1 amide bonds. The van der Waals surface area contributed by atoms with Gasteiger partial charge in [0.1, 0.15) is 5.82 Å². The fourth-order valence-electron chi connectivity index (χ4n) is 3.13. The van der Waals surface area contributed by atoms with Gasteiger partial charge in [-0.15, -0.1) is 4.40 Å². The molecule has 0 aliphatic heterocycles. The van der Waals surface area contributed by atoms with E-state index in [9.17, 15) is 17.6 Å². The molecule has 168 valence electrons. The zero-order valence-corrected chi connectivity index (χ0v) is 17.9. The summed E-state index contributed by atoms with van der Waals surface area (Å²) >= 11 is 0. The number of amides is 1. The number of sulfonamides is 1. The van der Waals surface area contributed by atoms with Crippen LogP contribution < -0.4 is 16.2 Å². The van der Waals surface area contributed by atoms with Crippen LogP contribution in [0.5, 0.6) is 0 Å². The lowest BCUT2D eigenvalue weighted by Crippen LogP contribution is -2.51. The van der Waals surface area contributed by atoms with E-state index in [1.807, 2.05) is 0 Å². The third-order valence-corrected chi connectivity index (χ3v) is 6.48. The van der Waals surface area contributed by atoms with Gasteiger partial charge in [-0.3, -0.25) is 15.6 Å². The summed E-state index contributed by atoms with van der Waals surface area (Å²) in [6.45, 7) is 1.46. The summed E-state index contributed by atoms with van der Waals surface area (Å²) < 4.78 is 47.5. The van der Waals surface area contributed by atoms with E-state index in [0.717, 1.165) is 44.5 Å². The quantitative estimate of drug-likeness (QED) is 0.342. The molecule has 0 bridgehead atoms. The summed E-state index contributed by atoms with van der Waals surface area (Å²) in [5.41, 5.74) is 4.94. The number of hydrazine groups is 1. The fraction of sp³-hybridized carbons (Fsp3) is 0.474. The van der Waals surface area contributed by atoms with Crippen molar-refractivity contribution in [1.82, 2.24) is 26.1 Å². The van der Waals surface area contributed by atoms with Crippen LogP contribution in [-0.2, 0) is 16.4 Å². The molecule has 2 heterocycles. The van der Waals surface area contributed by atoms with Crippen molar-refractivity contribution in [3.63, 3.8) is 0 Å². The van der Waals surface area contributed by atoms with Gasteiger partial charge in [0.2, 0.25) is 5.96 Å². The molecule has 0 unspecified atom stereocenters. The average molecular weight is 453 g/mol. The highest BCUT2D eigenvalue weighted by atomic mass is 32.2. The number of hydrogen-bond donors (Lipinski definition) is 3. The molecule has 0 saturated heterocycles. The van der Waals surface area contributed by atoms with Gasteiger partial charge in [0.15, 0.2) is 11.6 Å². The Labute approximate surface area is 179 Å². The zero-order chi connectivity index (χ0) is 22.3. The summed E-state index contributed by atoms with van der Waals surface area (Å²) in [6.07, 6.45) is 8.18. The number of halogens is 1. The second-order valence-corrected chi connectivity index (χ2v) is 9.34. The Bertz CT molecular complexity index is 989. The van der Waals surface area contributed by atoms with E-state index in [-0.39, 0.29) is 30.0 Å². The second-order valence-electron chi connectivity index (χ2n) is 7.32. The maximum atomic E-state index is 13.0. The highest BCUT2D eigenvalue weighted by molar-refractivity contribution is 7.90. The Morgan fingerprint density at radius 2 is 1.97 bits per heavy atom. The van der Waals surface area contributed by atoms with Crippen molar-refractivity contribution < 1.29 is 22.0 Å². The predicted molar refractivity (Wildman–Crippen MR) is 111 cm³/mol. The number of hydrogen-bond acceptors (Lipinski definition) is 6. The Balaban J connectivity index is 1.72. The number of carbonyl (C=O) groups is 1. The molecule has 3 rings (SSSR count). The van der Waals surface area contributed by atoms with Gasteiger partial charge in [-0.25, -0.2) is 22.8 Å². The van der Waals surface area contributed by atoms with E-state index in [0.29, 0.717) is 0 Å². The maximum absolute atomic E-state index is 13.0. The van der Waals surface area contributed by atoms with Crippen LogP contribution in [0, 0.1) is 5.82 Å². The van der Waals surface area contributed by atoms with Gasteiger partial charge in [-0.1, -0.05) is 19.3 Å². The normalized spacial score (nSPS) is 16.5. The Morgan fingerprint density at radius 1 is 1.26 bits per heavy atom. The first kappa shape index (κ1) is 22.7. The minimum absolute atomic E-state index is 0.0338. The molecule has 0 aromatic carbocycles. The smallest absolute Gasteiger partial charge is 0.305 e. The SMILES string of the molecule is C[C@H](Cc1ncc(F)cn1)S(=O)(=O)/N=C(\NNC(=O)c1ccco1)NC1CCCCC1. The van der Waals surface area contributed by atoms with E-state index < -0.39 is 27.0 Å². The van der Waals surface area contributed by atoms with Crippen molar-refractivity contribution in [2.24, 2.45) is 4.40 Å². The number of rotatable bonds is 6. The fourth-order valence-corrected chi connectivity index (χ4v) is 4.03. The van der Waals surface area contributed by atoms with Gasteiger partial charge >= 0.3 is 5.91 Å². The average Bonchev–Trinajstić information content (AvgIpc) is 3.29. The lowest BCUT2D eigenvalue weighted by atomic mass is 9.96. The number of nitrogens with zero attached hydrogens (tertiary/aromatic N) is 3. The first-order valence-electron chi connectivity index (χ1n) is 10.00. The number of furan rings is 1. The Morgan fingerprint density at radius 3 is 2.61 bits per heavy atom. The monoisotopic (exact) mass is 452 g/mol. The summed E-state index contributed by atoms with van der Waals surface area (Å²) in [7, 11) is -4.01. The largest absolute Gasteiger partial charge is 0.459 e. The lowest BCUT2D eigenvalue weighted by molar-refractivity contribution is 0.0915. The summed E-state index contributed by atoms with van der Waals surface area (Å²) in [5, 5.41) is 2.10. The molecule has 12 heteroatoms. The molecule has 0 spiro atoms. The molecule has 1 saturated carbocycles. The molecule has 10 nitrogen and oxygen atoms in total. The minimum atomic E-state index is -4.01. The van der Waals surface area contributed by atoms with Crippen LogP contribution >= 0.6 is 0 Å². The standard InChI is InChI=1S/C19H25FN6O4S/c1-13(10-17-21-11-14(20)12-22-17)31(28,29)26-19(23-15-6-3-2-4-7-15)25-24-18(27)16-8-5-9-30-16/h5,8-9,11-13,15H,2-4,6-7,10H2,1H3,(H,24,27)(H2,23,25,26)/t13-/m1/s1. The summed E-state index contributed by atoms with van der Waals surface area (Å²) in [4.78, 5) is 19.7. The molecule has 1 aliphatic rings. The van der Waals surface area contributed by atoms with Crippen molar-refractivity contribution in [2.75, 3.05) is 0 Å². The summed E-state index contributed by atoms with van der Waals surface area (Å²) in [6, 6.07) is 3.07. The van der Waals surface area contributed by atoms with E-state index in [1.54, 1.807) is 6.07 Å². The zero-order valence-electron chi connectivity index (χ0n) is 17.0. The van der Waals surface area contributed by atoms with Gasteiger partial charge in [-0.05, 0) is 31.9 Å². The number of nitrogens with one attached hydrogen (secondary N) is 3. The number of carbonyl (C=O) groups excluding carboxylic acids is 1. The first-order valence-corrected chi connectivity index (χ1v) is 11.5. The molecule has 2 aromatic rings. The van der Waals surface area contributed by atoms with E-state index in [4.69, 9.17) is 4.42 Å². The van der Waals surface area contributed by atoms with Crippen molar-refractivity contribution >= 4 is 21.9 Å². The van der Waals surface area contributed by atoms with Crippen LogP contribution in [0.15, 0.2) is 39.6 Å². The number of guanidine groups is 1. The Kier molecular flexibility index (Phi) is 7.55. The molecular weight excluding hydrogens is 427 g/mol. The highest BCUT2D eigenvalue weighted by Gasteiger charge is 2.24.